The Hall–Kier alpha value is -0.860. The van der Waals surface area contributed by atoms with Crippen LogP contribution in [0.1, 0.15) is 26.2 Å². The monoisotopic (exact) mass is 157 g/mol. The van der Waals surface area contributed by atoms with Crippen LogP contribution in [0.15, 0.2) is 16.9 Å². The number of halogens is 1. The molecule has 3 heteroatoms. The lowest BCUT2D eigenvalue weighted by atomic mass is 10.1. The molecule has 1 rings (SSSR count). The molecular weight excluding hydrogens is 145 g/mol. The maximum Gasteiger partial charge on any atom is 0.194 e. The van der Waals surface area contributed by atoms with Gasteiger partial charge in [-0.25, -0.2) is 9.37 Å². The zero-order chi connectivity index (χ0) is 8.32. The van der Waals surface area contributed by atoms with Crippen molar-refractivity contribution in [2.24, 2.45) is 0 Å². The number of hydrogen-bond donors (Lipinski definition) is 0. The lowest BCUT2D eigenvalue weighted by Crippen LogP contribution is -2.12. The summed E-state index contributed by atoms with van der Waals surface area (Å²) in [5, 5.41) is 0. The van der Waals surface area contributed by atoms with Crippen LogP contribution in [0.25, 0.3) is 0 Å². The van der Waals surface area contributed by atoms with Gasteiger partial charge in [0, 0.05) is 6.42 Å². The summed E-state index contributed by atoms with van der Waals surface area (Å²) in [5.41, 5.74) is -1.13. The van der Waals surface area contributed by atoms with Crippen LogP contribution in [0, 0.1) is 0 Å². The molecule has 0 saturated heterocycles. The van der Waals surface area contributed by atoms with Crippen LogP contribution in [0.2, 0.25) is 0 Å². The van der Waals surface area contributed by atoms with Gasteiger partial charge in [0.15, 0.2) is 5.89 Å². The molecule has 0 saturated carbocycles. The van der Waals surface area contributed by atoms with E-state index in [1.165, 1.54) is 6.26 Å². The van der Waals surface area contributed by atoms with Crippen LogP contribution in [0.5, 0.6) is 0 Å². The third-order valence-corrected chi connectivity index (χ3v) is 1.42. The van der Waals surface area contributed by atoms with Crippen molar-refractivity contribution >= 4 is 0 Å². The summed E-state index contributed by atoms with van der Waals surface area (Å²) in [4.78, 5) is 3.89. The molecule has 0 aliphatic carbocycles. The average molecular weight is 157 g/mol. The van der Waals surface area contributed by atoms with E-state index in [2.05, 4.69) is 4.98 Å². The van der Waals surface area contributed by atoms with E-state index in [1.54, 1.807) is 20.0 Å². The van der Waals surface area contributed by atoms with Crippen LogP contribution < -0.4 is 0 Å². The van der Waals surface area contributed by atoms with Crippen molar-refractivity contribution in [3.63, 3.8) is 0 Å². The van der Waals surface area contributed by atoms with Crippen LogP contribution in [0.4, 0.5) is 4.39 Å². The Labute approximate surface area is 65.4 Å². The zero-order valence-corrected chi connectivity index (χ0v) is 6.80. The maximum atomic E-state index is 12.9. The van der Waals surface area contributed by atoms with Crippen molar-refractivity contribution in [3.05, 3.63) is 18.4 Å². The van der Waals surface area contributed by atoms with E-state index in [0.717, 1.165) is 0 Å². The highest BCUT2D eigenvalue weighted by Gasteiger charge is 2.15. The Morgan fingerprint density at radius 2 is 2.36 bits per heavy atom. The summed E-state index contributed by atoms with van der Waals surface area (Å²) in [7, 11) is 0. The molecular formula is C8H12FNO. The number of alkyl halides is 1. The second kappa shape index (κ2) is 3.03. The van der Waals surface area contributed by atoms with Crippen molar-refractivity contribution < 1.29 is 8.81 Å². The normalized spacial score (nSPS) is 11.9. The van der Waals surface area contributed by atoms with Crippen LogP contribution in [0.3, 0.4) is 0 Å². The highest BCUT2D eigenvalue weighted by molar-refractivity contribution is 4.82. The second-order valence-electron chi connectivity index (χ2n) is 3.14. The number of rotatable bonds is 3. The van der Waals surface area contributed by atoms with E-state index in [4.69, 9.17) is 4.42 Å². The van der Waals surface area contributed by atoms with Gasteiger partial charge in [-0.2, -0.15) is 0 Å². The molecule has 0 aliphatic rings. The minimum Gasteiger partial charge on any atom is -0.449 e. The summed E-state index contributed by atoms with van der Waals surface area (Å²) in [6.45, 7) is 3.10. The number of oxazole rings is 1. The third kappa shape index (κ3) is 3.16. The summed E-state index contributed by atoms with van der Waals surface area (Å²) >= 11 is 0. The van der Waals surface area contributed by atoms with Crippen molar-refractivity contribution in [2.75, 3.05) is 0 Å². The maximum absolute atomic E-state index is 12.9. The summed E-state index contributed by atoms with van der Waals surface area (Å²) < 4.78 is 17.9. The minimum atomic E-state index is -1.13. The first-order valence-electron chi connectivity index (χ1n) is 3.65. The Bertz CT molecular complexity index is 200. The van der Waals surface area contributed by atoms with Crippen molar-refractivity contribution in [2.45, 2.75) is 32.4 Å². The molecule has 0 atom stereocenters. The number of aromatic nitrogens is 1. The largest absolute Gasteiger partial charge is 0.449 e. The smallest absolute Gasteiger partial charge is 0.194 e. The average Bonchev–Trinajstić information content (AvgIpc) is 2.32. The van der Waals surface area contributed by atoms with Gasteiger partial charge >= 0.3 is 0 Å². The molecule has 0 bridgehead atoms. The fourth-order valence-electron chi connectivity index (χ4n) is 0.781. The van der Waals surface area contributed by atoms with E-state index in [1.807, 2.05) is 0 Å². The van der Waals surface area contributed by atoms with Crippen molar-refractivity contribution in [3.8, 4) is 0 Å². The van der Waals surface area contributed by atoms with Gasteiger partial charge in [-0.05, 0) is 20.3 Å². The van der Waals surface area contributed by atoms with Crippen molar-refractivity contribution in [1.82, 2.24) is 4.98 Å². The zero-order valence-electron chi connectivity index (χ0n) is 6.80. The molecule has 2 nitrogen and oxygen atoms in total. The summed E-state index contributed by atoms with van der Waals surface area (Å²) in [6, 6.07) is 0. The predicted molar refractivity (Wildman–Crippen MR) is 40.0 cm³/mol. The number of aryl methyl sites for hydroxylation is 1. The first-order valence-corrected chi connectivity index (χ1v) is 3.65. The molecule has 0 N–H and O–H groups in total. The highest BCUT2D eigenvalue weighted by Crippen LogP contribution is 2.16. The molecule has 0 unspecified atom stereocenters. The third-order valence-electron chi connectivity index (χ3n) is 1.42. The van der Waals surface area contributed by atoms with Crippen LogP contribution in [-0.2, 0) is 6.42 Å². The quantitative estimate of drug-likeness (QED) is 0.673. The second-order valence-corrected chi connectivity index (χ2v) is 3.14. The Morgan fingerprint density at radius 1 is 1.64 bits per heavy atom. The highest BCUT2D eigenvalue weighted by atomic mass is 19.1. The van der Waals surface area contributed by atoms with Crippen LogP contribution in [-0.4, -0.2) is 10.7 Å². The summed E-state index contributed by atoms with van der Waals surface area (Å²) in [5.74, 6) is 0.607. The van der Waals surface area contributed by atoms with Gasteiger partial charge in [-0.3, -0.25) is 0 Å². The number of hydrogen-bond acceptors (Lipinski definition) is 2. The molecule has 0 amide bonds. The molecule has 62 valence electrons. The van der Waals surface area contributed by atoms with E-state index in [-0.39, 0.29) is 0 Å². The molecule has 0 aliphatic heterocycles. The van der Waals surface area contributed by atoms with Gasteiger partial charge in [0.1, 0.15) is 11.9 Å². The fraction of sp³-hybridized carbons (Fsp3) is 0.625. The van der Waals surface area contributed by atoms with E-state index in [9.17, 15) is 4.39 Å². The lowest BCUT2D eigenvalue weighted by molar-refractivity contribution is 0.197. The van der Waals surface area contributed by atoms with Gasteiger partial charge in [0.05, 0.1) is 6.20 Å². The van der Waals surface area contributed by atoms with E-state index < -0.39 is 5.67 Å². The molecule has 1 aromatic heterocycles. The standard InChI is InChI=1S/C8H12FNO/c1-8(2,9)4-3-7-10-5-6-11-7/h5-6H,3-4H2,1-2H3. The van der Waals surface area contributed by atoms with E-state index in [0.29, 0.717) is 18.7 Å². The predicted octanol–water partition coefficient (Wildman–Crippen LogP) is 2.36. The molecule has 1 aromatic rings. The fourth-order valence-corrected chi connectivity index (χ4v) is 0.781. The van der Waals surface area contributed by atoms with Gasteiger partial charge in [0.25, 0.3) is 0 Å². The first kappa shape index (κ1) is 8.24. The first-order chi connectivity index (χ1) is 5.08. The van der Waals surface area contributed by atoms with Gasteiger partial charge in [0.2, 0.25) is 0 Å². The van der Waals surface area contributed by atoms with Gasteiger partial charge < -0.3 is 4.42 Å². The molecule has 11 heavy (non-hydrogen) atoms. The Balaban J connectivity index is 2.35. The summed E-state index contributed by atoms with van der Waals surface area (Å²) in [6.07, 6.45) is 4.09. The Kier molecular flexibility index (Phi) is 2.27. The number of nitrogens with zero attached hydrogens (tertiary/aromatic N) is 1. The van der Waals surface area contributed by atoms with E-state index >= 15 is 0 Å². The topological polar surface area (TPSA) is 26.0 Å². The molecule has 0 fully saturated rings. The lowest BCUT2D eigenvalue weighted by Gasteiger charge is -2.11. The molecule has 0 spiro atoms. The Morgan fingerprint density at radius 3 is 2.82 bits per heavy atom. The SMILES string of the molecule is CC(C)(F)CCc1ncco1. The van der Waals surface area contributed by atoms with Crippen LogP contribution >= 0.6 is 0 Å². The minimum absolute atomic E-state index is 0.452. The van der Waals surface area contributed by atoms with Crippen molar-refractivity contribution in [1.29, 1.82) is 0 Å². The molecule has 0 radical (unpaired) electrons. The van der Waals surface area contributed by atoms with Gasteiger partial charge in [-0.1, -0.05) is 0 Å². The molecule has 0 aromatic carbocycles. The van der Waals surface area contributed by atoms with Gasteiger partial charge in [-0.15, -0.1) is 0 Å². The molecule has 1 heterocycles.